The Morgan fingerprint density at radius 3 is 2.52 bits per heavy atom. The van der Waals surface area contributed by atoms with Crippen molar-refractivity contribution in [3.05, 3.63) is 77.1 Å². The number of hydrogen-bond donors (Lipinski definition) is 1. The van der Waals surface area contributed by atoms with Crippen LogP contribution in [0.5, 0.6) is 5.75 Å². The Morgan fingerprint density at radius 2 is 1.88 bits per heavy atom. The van der Waals surface area contributed by atoms with E-state index in [1.807, 2.05) is 73.1 Å². The molecule has 0 saturated carbocycles. The summed E-state index contributed by atoms with van der Waals surface area (Å²) in [5, 5.41) is 7.38. The van der Waals surface area contributed by atoms with Crippen molar-refractivity contribution >= 4 is 5.91 Å². The summed E-state index contributed by atoms with van der Waals surface area (Å²) in [6.45, 7) is 4.42. The zero-order chi connectivity index (χ0) is 17.8. The molecule has 0 unspecified atom stereocenters. The number of hydrogen-bond acceptors (Lipinski definition) is 3. The first kappa shape index (κ1) is 16.8. The average molecular weight is 335 g/mol. The highest BCUT2D eigenvalue weighted by Crippen LogP contribution is 2.14. The largest absolute Gasteiger partial charge is 0.497 e. The second-order valence-corrected chi connectivity index (χ2v) is 5.92. The predicted molar refractivity (Wildman–Crippen MR) is 97.2 cm³/mol. The van der Waals surface area contributed by atoms with Gasteiger partial charge in [0.1, 0.15) is 5.75 Å². The van der Waals surface area contributed by atoms with Crippen LogP contribution in [0.4, 0.5) is 0 Å². The lowest BCUT2D eigenvalue weighted by Crippen LogP contribution is -2.22. The summed E-state index contributed by atoms with van der Waals surface area (Å²) < 4.78 is 7.06. The Labute approximate surface area is 147 Å². The molecule has 0 aliphatic heterocycles. The summed E-state index contributed by atoms with van der Waals surface area (Å²) in [5.74, 6) is 0.670. The number of nitrogens with one attached hydrogen (secondary N) is 1. The second kappa shape index (κ2) is 7.21. The molecule has 0 saturated heterocycles. The molecule has 5 nitrogen and oxygen atoms in total. The van der Waals surface area contributed by atoms with Crippen LogP contribution in [0.15, 0.2) is 54.6 Å². The summed E-state index contributed by atoms with van der Waals surface area (Å²) in [4.78, 5) is 12.3. The maximum Gasteiger partial charge on any atom is 0.251 e. The summed E-state index contributed by atoms with van der Waals surface area (Å²) in [5.41, 5.74) is 4.58. The fraction of sp³-hybridized carbons (Fsp3) is 0.200. The van der Waals surface area contributed by atoms with E-state index in [1.165, 1.54) is 0 Å². The lowest BCUT2D eigenvalue weighted by atomic mass is 10.1. The van der Waals surface area contributed by atoms with Crippen LogP contribution >= 0.6 is 0 Å². The van der Waals surface area contributed by atoms with E-state index in [4.69, 9.17) is 4.74 Å². The first-order valence-corrected chi connectivity index (χ1v) is 8.11. The van der Waals surface area contributed by atoms with Gasteiger partial charge in [0.25, 0.3) is 5.91 Å². The van der Waals surface area contributed by atoms with E-state index in [1.54, 1.807) is 7.11 Å². The summed E-state index contributed by atoms with van der Waals surface area (Å²) >= 11 is 0. The molecule has 3 aromatic rings. The number of benzene rings is 2. The summed E-state index contributed by atoms with van der Waals surface area (Å²) in [6.07, 6.45) is 0. The molecule has 0 spiro atoms. The van der Waals surface area contributed by atoms with Gasteiger partial charge in [-0.1, -0.05) is 12.1 Å². The minimum atomic E-state index is -0.109. The third-order valence-electron chi connectivity index (χ3n) is 3.97. The first-order valence-electron chi connectivity index (χ1n) is 8.11. The van der Waals surface area contributed by atoms with Crippen LogP contribution in [0.2, 0.25) is 0 Å². The van der Waals surface area contributed by atoms with Crippen molar-refractivity contribution < 1.29 is 9.53 Å². The number of nitrogens with zero attached hydrogens (tertiary/aromatic N) is 2. The van der Waals surface area contributed by atoms with E-state index in [0.29, 0.717) is 12.1 Å². The molecule has 5 heteroatoms. The Balaban J connectivity index is 1.67. The van der Waals surface area contributed by atoms with Gasteiger partial charge in [0.05, 0.1) is 18.5 Å². The number of carbonyl (C=O) groups excluding carboxylic acids is 1. The topological polar surface area (TPSA) is 56.1 Å². The van der Waals surface area contributed by atoms with Gasteiger partial charge in [0.2, 0.25) is 0 Å². The molecule has 0 aliphatic carbocycles. The first-order chi connectivity index (χ1) is 12.1. The zero-order valence-corrected chi connectivity index (χ0v) is 14.6. The summed E-state index contributed by atoms with van der Waals surface area (Å²) in [6, 6.07) is 17.1. The molecule has 0 aliphatic rings. The standard InChI is InChI=1S/C20H21N3O2/c1-14-11-15(2)23(22-14)18-9-7-17(8-10-18)20(24)21-13-16-5-4-6-19(12-16)25-3/h4-12H,13H2,1-3H3,(H,21,24). The van der Waals surface area contributed by atoms with Gasteiger partial charge in [0.15, 0.2) is 0 Å². The normalized spacial score (nSPS) is 10.5. The highest BCUT2D eigenvalue weighted by molar-refractivity contribution is 5.94. The predicted octanol–water partition coefficient (Wildman–Crippen LogP) is 3.43. The number of ether oxygens (including phenoxy) is 1. The molecule has 1 heterocycles. The second-order valence-electron chi connectivity index (χ2n) is 5.92. The van der Waals surface area contributed by atoms with Crippen LogP contribution in [-0.4, -0.2) is 22.8 Å². The van der Waals surface area contributed by atoms with E-state index >= 15 is 0 Å². The lowest BCUT2D eigenvalue weighted by Gasteiger charge is -2.08. The van der Waals surface area contributed by atoms with Crippen molar-refractivity contribution in [1.29, 1.82) is 0 Å². The average Bonchev–Trinajstić information content (AvgIpc) is 2.98. The number of aromatic nitrogens is 2. The Bertz CT molecular complexity index is 882. The summed E-state index contributed by atoms with van der Waals surface area (Å²) in [7, 11) is 1.63. The van der Waals surface area contributed by atoms with Gasteiger partial charge in [-0.15, -0.1) is 0 Å². The van der Waals surface area contributed by atoms with Gasteiger partial charge in [-0.3, -0.25) is 4.79 Å². The molecule has 1 amide bonds. The van der Waals surface area contributed by atoms with Gasteiger partial charge in [-0.05, 0) is 61.9 Å². The third kappa shape index (κ3) is 3.88. The lowest BCUT2D eigenvalue weighted by molar-refractivity contribution is 0.0951. The van der Waals surface area contributed by atoms with Gasteiger partial charge in [0, 0.05) is 17.8 Å². The zero-order valence-electron chi connectivity index (χ0n) is 14.6. The van der Waals surface area contributed by atoms with Crippen molar-refractivity contribution in [3.8, 4) is 11.4 Å². The molecule has 0 atom stereocenters. The molecule has 128 valence electrons. The van der Waals surface area contributed by atoms with E-state index in [2.05, 4.69) is 10.4 Å². The van der Waals surface area contributed by atoms with E-state index in [-0.39, 0.29) is 5.91 Å². The highest BCUT2D eigenvalue weighted by atomic mass is 16.5. The smallest absolute Gasteiger partial charge is 0.251 e. The van der Waals surface area contributed by atoms with Crippen molar-refractivity contribution in [1.82, 2.24) is 15.1 Å². The molecular formula is C20H21N3O2. The van der Waals surface area contributed by atoms with Crippen molar-refractivity contribution in [2.24, 2.45) is 0 Å². The van der Waals surface area contributed by atoms with Crippen molar-refractivity contribution in [3.63, 3.8) is 0 Å². The SMILES string of the molecule is COc1cccc(CNC(=O)c2ccc(-n3nc(C)cc3C)cc2)c1. The third-order valence-corrected chi connectivity index (χ3v) is 3.97. The van der Waals surface area contributed by atoms with Gasteiger partial charge < -0.3 is 10.1 Å². The maximum absolute atomic E-state index is 12.3. The maximum atomic E-state index is 12.3. The van der Waals surface area contributed by atoms with E-state index < -0.39 is 0 Å². The fourth-order valence-electron chi connectivity index (χ4n) is 2.71. The van der Waals surface area contributed by atoms with Crippen LogP contribution in [0, 0.1) is 13.8 Å². The van der Waals surface area contributed by atoms with Gasteiger partial charge in [-0.2, -0.15) is 5.10 Å². The number of rotatable bonds is 5. The van der Waals surface area contributed by atoms with E-state index in [9.17, 15) is 4.79 Å². The van der Waals surface area contributed by atoms with Gasteiger partial charge >= 0.3 is 0 Å². The Kier molecular flexibility index (Phi) is 4.84. The number of methoxy groups -OCH3 is 1. The Morgan fingerprint density at radius 1 is 1.12 bits per heavy atom. The minimum absolute atomic E-state index is 0.109. The Hall–Kier alpha value is -3.08. The minimum Gasteiger partial charge on any atom is -0.497 e. The molecule has 0 fully saturated rings. The fourth-order valence-corrected chi connectivity index (χ4v) is 2.71. The monoisotopic (exact) mass is 335 g/mol. The molecule has 25 heavy (non-hydrogen) atoms. The van der Waals surface area contributed by atoms with E-state index in [0.717, 1.165) is 28.4 Å². The van der Waals surface area contributed by atoms with Crippen molar-refractivity contribution in [2.45, 2.75) is 20.4 Å². The quantitative estimate of drug-likeness (QED) is 0.777. The van der Waals surface area contributed by atoms with Crippen LogP contribution in [0.1, 0.15) is 27.3 Å². The number of amides is 1. The van der Waals surface area contributed by atoms with Crippen molar-refractivity contribution in [2.75, 3.05) is 7.11 Å². The van der Waals surface area contributed by atoms with Gasteiger partial charge in [-0.25, -0.2) is 4.68 Å². The van der Waals surface area contributed by atoms with Crippen LogP contribution in [0.3, 0.4) is 0 Å². The molecule has 2 aromatic carbocycles. The molecule has 1 N–H and O–H groups in total. The number of carbonyl (C=O) groups is 1. The van der Waals surface area contributed by atoms with Crippen LogP contribution < -0.4 is 10.1 Å². The molecule has 3 rings (SSSR count). The highest BCUT2D eigenvalue weighted by Gasteiger charge is 2.08. The molecule has 0 radical (unpaired) electrons. The molecule has 1 aromatic heterocycles. The molecule has 0 bridgehead atoms. The number of aryl methyl sites for hydroxylation is 2. The van der Waals surface area contributed by atoms with Crippen LogP contribution in [-0.2, 0) is 6.54 Å². The molecular weight excluding hydrogens is 314 g/mol. The van der Waals surface area contributed by atoms with Crippen LogP contribution in [0.25, 0.3) is 5.69 Å².